The molecule has 0 aliphatic heterocycles. The van der Waals surface area contributed by atoms with Crippen molar-refractivity contribution >= 4 is 29.3 Å². The average molecular weight is 398 g/mol. The van der Waals surface area contributed by atoms with Gasteiger partial charge in [0.05, 0.1) is 22.9 Å². The number of hydrogen-bond acceptors (Lipinski definition) is 5. The Balaban J connectivity index is 1.89. The second-order valence-electron chi connectivity index (χ2n) is 5.98. The monoisotopic (exact) mass is 397 g/mol. The molecule has 0 fully saturated rings. The van der Waals surface area contributed by atoms with Gasteiger partial charge in [-0.2, -0.15) is 5.26 Å². The van der Waals surface area contributed by atoms with Gasteiger partial charge in [0, 0.05) is 30.8 Å². The number of nitrogens with one attached hydrogen (secondary N) is 2. The first-order valence-electron chi connectivity index (χ1n) is 8.93. The fourth-order valence-corrected chi connectivity index (χ4v) is 3.31. The number of carbonyl (C=O) groups is 2. The van der Waals surface area contributed by atoms with E-state index in [1.165, 1.54) is 11.8 Å². The Hall–Kier alpha value is -2.82. The van der Waals surface area contributed by atoms with Gasteiger partial charge in [0.1, 0.15) is 0 Å². The molecule has 0 saturated carbocycles. The molecule has 0 aliphatic carbocycles. The highest BCUT2D eigenvalue weighted by Crippen LogP contribution is 2.23. The van der Waals surface area contributed by atoms with E-state index in [1.807, 2.05) is 18.2 Å². The Bertz CT molecular complexity index is 849. The first kappa shape index (κ1) is 21.5. The zero-order chi connectivity index (χ0) is 20.2. The van der Waals surface area contributed by atoms with Crippen molar-refractivity contribution in [3.8, 4) is 6.07 Å². The van der Waals surface area contributed by atoms with Crippen molar-refractivity contribution in [2.45, 2.75) is 17.7 Å². The molecule has 0 atom stereocenters. The maximum Gasteiger partial charge on any atom is 0.252 e. The number of rotatable bonds is 10. The van der Waals surface area contributed by atoms with E-state index in [0.717, 1.165) is 17.7 Å². The normalized spacial score (nSPS) is 10.1. The van der Waals surface area contributed by atoms with E-state index in [9.17, 15) is 9.59 Å². The number of carbonyl (C=O) groups excluding carboxylic acids is 2. The van der Waals surface area contributed by atoms with Crippen LogP contribution in [-0.2, 0) is 9.53 Å². The molecule has 7 heteroatoms. The van der Waals surface area contributed by atoms with E-state index in [4.69, 9.17) is 10.00 Å². The largest absolute Gasteiger partial charge is 0.385 e. The minimum Gasteiger partial charge on any atom is -0.385 e. The Kier molecular flexibility index (Phi) is 9.05. The lowest BCUT2D eigenvalue weighted by Gasteiger charge is -2.10. The van der Waals surface area contributed by atoms with Crippen molar-refractivity contribution in [2.24, 2.45) is 0 Å². The average Bonchev–Trinajstić information content (AvgIpc) is 2.72. The lowest BCUT2D eigenvalue weighted by atomic mass is 10.2. The zero-order valence-electron chi connectivity index (χ0n) is 15.7. The standard InChI is InChI=1S/C21H23N3O3S/c1-27-12-5-4-11-23-21(26)18-9-2-3-10-19(18)28-15-20(25)24-17-8-6-7-16(13-17)14-22/h2-3,6-10,13H,4-5,11-12,15H2,1H3,(H,23,26)(H,24,25). The summed E-state index contributed by atoms with van der Waals surface area (Å²) in [6.45, 7) is 1.26. The van der Waals surface area contributed by atoms with E-state index in [2.05, 4.69) is 10.6 Å². The van der Waals surface area contributed by atoms with Gasteiger partial charge in [-0.15, -0.1) is 11.8 Å². The van der Waals surface area contributed by atoms with Crippen LogP contribution in [0.2, 0.25) is 0 Å². The molecule has 0 spiro atoms. The van der Waals surface area contributed by atoms with Gasteiger partial charge in [0.2, 0.25) is 5.91 Å². The summed E-state index contributed by atoms with van der Waals surface area (Å²) >= 11 is 1.30. The highest BCUT2D eigenvalue weighted by molar-refractivity contribution is 8.00. The molecule has 2 aromatic rings. The minimum absolute atomic E-state index is 0.150. The highest BCUT2D eigenvalue weighted by Gasteiger charge is 2.12. The number of amides is 2. The van der Waals surface area contributed by atoms with Crippen LogP contribution in [0.3, 0.4) is 0 Å². The number of methoxy groups -OCH3 is 1. The summed E-state index contributed by atoms with van der Waals surface area (Å²) in [6, 6.07) is 16.0. The number of anilines is 1. The summed E-state index contributed by atoms with van der Waals surface area (Å²) in [6.07, 6.45) is 1.74. The number of unbranched alkanes of at least 4 members (excludes halogenated alkanes) is 1. The fraction of sp³-hybridized carbons (Fsp3) is 0.286. The van der Waals surface area contributed by atoms with E-state index in [0.29, 0.717) is 30.0 Å². The van der Waals surface area contributed by atoms with Crippen LogP contribution < -0.4 is 10.6 Å². The maximum absolute atomic E-state index is 12.4. The van der Waals surface area contributed by atoms with Gasteiger partial charge in [0.25, 0.3) is 5.91 Å². The zero-order valence-corrected chi connectivity index (χ0v) is 16.6. The summed E-state index contributed by atoms with van der Waals surface area (Å²) in [7, 11) is 1.66. The molecular weight excluding hydrogens is 374 g/mol. The van der Waals surface area contributed by atoms with Crippen LogP contribution in [0.15, 0.2) is 53.4 Å². The van der Waals surface area contributed by atoms with Gasteiger partial charge < -0.3 is 15.4 Å². The molecule has 2 rings (SSSR count). The van der Waals surface area contributed by atoms with Crippen LogP contribution in [0.4, 0.5) is 5.69 Å². The molecule has 2 N–H and O–H groups in total. The van der Waals surface area contributed by atoms with Crippen LogP contribution in [0.5, 0.6) is 0 Å². The van der Waals surface area contributed by atoms with Crippen LogP contribution >= 0.6 is 11.8 Å². The van der Waals surface area contributed by atoms with Gasteiger partial charge in [-0.05, 0) is 43.2 Å². The SMILES string of the molecule is COCCCCNC(=O)c1ccccc1SCC(=O)Nc1cccc(C#N)c1. The number of ether oxygens (including phenoxy) is 1. The van der Waals surface area contributed by atoms with Gasteiger partial charge in [-0.3, -0.25) is 9.59 Å². The molecule has 2 amide bonds. The van der Waals surface area contributed by atoms with Crippen LogP contribution in [-0.4, -0.2) is 37.8 Å². The second kappa shape index (κ2) is 11.8. The van der Waals surface area contributed by atoms with E-state index < -0.39 is 0 Å². The number of nitriles is 1. The summed E-state index contributed by atoms with van der Waals surface area (Å²) in [5.41, 5.74) is 1.61. The third kappa shape index (κ3) is 7.06. The Morgan fingerprint density at radius 2 is 1.96 bits per heavy atom. The molecule has 0 aromatic heterocycles. The number of benzene rings is 2. The van der Waals surface area contributed by atoms with Gasteiger partial charge >= 0.3 is 0 Å². The van der Waals surface area contributed by atoms with Crippen molar-refractivity contribution in [3.63, 3.8) is 0 Å². The number of nitrogens with zero attached hydrogens (tertiary/aromatic N) is 1. The molecule has 2 aromatic carbocycles. The predicted molar refractivity (Wildman–Crippen MR) is 110 cm³/mol. The first-order chi connectivity index (χ1) is 13.6. The van der Waals surface area contributed by atoms with Gasteiger partial charge in [-0.25, -0.2) is 0 Å². The van der Waals surface area contributed by atoms with Crippen molar-refractivity contribution in [2.75, 3.05) is 31.3 Å². The van der Waals surface area contributed by atoms with Crippen molar-refractivity contribution < 1.29 is 14.3 Å². The minimum atomic E-state index is -0.199. The fourth-order valence-electron chi connectivity index (χ4n) is 2.46. The summed E-state index contributed by atoms with van der Waals surface area (Å²) in [4.78, 5) is 25.4. The molecule has 28 heavy (non-hydrogen) atoms. The van der Waals surface area contributed by atoms with Crippen LogP contribution in [0, 0.1) is 11.3 Å². The molecule has 0 unspecified atom stereocenters. The molecule has 6 nitrogen and oxygen atoms in total. The van der Waals surface area contributed by atoms with Crippen LogP contribution in [0.1, 0.15) is 28.8 Å². The third-order valence-corrected chi connectivity index (χ3v) is 4.90. The van der Waals surface area contributed by atoms with Crippen molar-refractivity contribution in [1.29, 1.82) is 5.26 Å². The van der Waals surface area contributed by atoms with Crippen molar-refractivity contribution in [1.82, 2.24) is 5.32 Å². The second-order valence-corrected chi connectivity index (χ2v) is 7.00. The third-order valence-electron chi connectivity index (χ3n) is 3.83. The Labute approximate surface area is 169 Å². The molecule has 0 heterocycles. The molecule has 0 radical (unpaired) electrons. The van der Waals surface area contributed by atoms with E-state index in [1.54, 1.807) is 43.5 Å². The Morgan fingerprint density at radius 1 is 1.14 bits per heavy atom. The topological polar surface area (TPSA) is 91.2 Å². The molecule has 0 saturated heterocycles. The van der Waals surface area contributed by atoms with Crippen LogP contribution in [0.25, 0.3) is 0 Å². The Morgan fingerprint density at radius 3 is 2.75 bits per heavy atom. The first-order valence-corrected chi connectivity index (χ1v) is 9.91. The smallest absolute Gasteiger partial charge is 0.252 e. The quantitative estimate of drug-likeness (QED) is 0.473. The number of hydrogen-bond donors (Lipinski definition) is 2. The lowest BCUT2D eigenvalue weighted by molar-refractivity contribution is -0.113. The summed E-state index contributed by atoms with van der Waals surface area (Å²) in [5.74, 6) is -0.188. The van der Waals surface area contributed by atoms with Crippen molar-refractivity contribution in [3.05, 3.63) is 59.7 Å². The molecule has 0 bridgehead atoms. The molecule has 146 valence electrons. The summed E-state index contributed by atoms with van der Waals surface area (Å²) < 4.78 is 4.99. The van der Waals surface area contributed by atoms with E-state index >= 15 is 0 Å². The lowest BCUT2D eigenvalue weighted by Crippen LogP contribution is -2.25. The molecule has 0 aliphatic rings. The molecular formula is C21H23N3O3S. The van der Waals surface area contributed by atoms with E-state index in [-0.39, 0.29) is 17.6 Å². The summed E-state index contributed by atoms with van der Waals surface area (Å²) in [5, 5.41) is 14.6. The number of thioether (sulfide) groups is 1. The van der Waals surface area contributed by atoms with Gasteiger partial charge in [-0.1, -0.05) is 18.2 Å². The predicted octanol–water partition coefficient (Wildman–Crippen LogP) is 3.45. The van der Waals surface area contributed by atoms with Gasteiger partial charge in [0.15, 0.2) is 0 Å². The maximum atomic E-state index is 12.4. The highest BCUT2D eigenvalue weighted by atomic mass is 32.2.